The lowest BCUT2D eigenvalue weighted by Gasteiger charge is -2.37. The molecule has 35 heavy (non-hydrogen) atoms. The van der Waals surface area contributed by atoms with Crippen molar-refractivity contribution in [3.05, 3.63) is 102 Å². The lowest BCUT2D eigenvalue weighted by atomic mass is 9.75. The van der Waals surface area contributed by atoms with Crippen LogP contribution in [-0.2, 0) is 16.8 Å². The summed E-state index contributed by atoms with van der Waals surface area (Å²) in [6.45, 7) is 1.09. The Balaban J connectivity index is 1.87. The molecule has 1 amide bonds. The molecule has 5 rings (SSSR count). The Labute approximate surface area is 213 Å². The predicted molar refractivity (Wildman–Crippen MR) is 140 cm³/mol. The molecule has 1 atom stereocenters. The number of nitrogens with one attached hydrogen (secondary N) is 1. The second-order valence-corrected chi connectivity index (χ2v) is 9.82. The van der Waals surface area contributed by atoms with Crippen molar-refractivity contribution < 1.29 is 14.6 Å². The molecule has 0 radical (unpaired) electrons. The van der Waals surface area contributed by atoms with Crippen LogP contribution >= 0.6 is 22.6 Å². The first-order chi connectivity index (χ1) is 16.7. The van der Waals surface area contributed by atoms with E-state index >= 15 is 0 Å². The average Bonchev–Trinajstić information content (AvgIpc) is 3.23. The molecule has 0 saturated carbocycles. The highest BCUT2D eigenvalue weighted by Crippen LogP contribution is 2.50. The fourth-order valence-corrected chi connectivity index (χ4v) is 5.45. The van der Waals surface area contributed by atoms with E-state index in [2.05, 4.69) is 27.6 Å². The summed E-state index contributed by atoms with van der Waals surface area (Å²) in [7, 11) is 0. The number of benzene rings is 3. The first-order valence-corrected chi connectivity index (χ1v) is 11.9. The van der Waals surface area contributed by atoms with Crippen LogP contribution in [0.5, 0.6) is 0 Å². The largest absolute Gasteiger partial charge is 0.349 e. The second kappa shape index (κ2) is 8.45. The highest BCUT2D eigenvalue weighted by Gasteiger charge is 2.51. The number of aromatic amines is 1. The normalized spacial score (nSPS) is 17.1. The van der Waals surface area contributed by atoms with Gasteiger partial charge in [-0.3, -0.25) is 25.0 Å². The zero-order valence-electron chi connectivity index (χ0n) is 18.5. The maximum Gasteiger partial charge on any atom is 0.293 e. The molecule has 0 aliphatic carbocycles. The second-order valence-electron chi connectivity index (χ2n) is 8.66. The number of non-ortho nitro benzene ring substituents is 1. The molecule has 0 spiro atoms. The quantitative estimate of drug-likeness (QED) is 0.185. The van der Waals surface area contributed by atoms with Crippen molar-refractivity contribution in [2.24, 2.45) is 0 Å². The molecule has 2 heterocycles. The molecule has 1 unspecified atom stereocenters. The highest BCUT2D eigenvalue weighted by molar-refractivity contribution is 14.1. The number of nitro groups is 2. The van der Waals surface area contributed by atoms with E-state index in [0.29, 0.717) is 27.9 Å². The topological polar surface area (TPSA) is 122 Å². The molecule has 1 N–H and O–H groups in total. The van der Waals surface area contributed by atoms with Crippen molar-refractivity contribution in [1.29, 1.82) is 0 Å². The number of halogens is 1. The SMILES string of the molecule is CC1(C[N+](=O)[O-])C(=O)N(Cc2ccccc2I)c2ccc([N+](=O)[O-])c3[nH]c(-c4ccccc4)c1c23. The van der Waals surface area contributed by atoms with Crippen molar-refractivity contribution in [2.75, 3.05) is 11.4 Å². The third-order valence-electron chi connectivity index (χ3n) is 6.46. The summed E-state index contributed by atoms with van der Waals surface area (Å²) in [5, 5.41) is 24.2. The van der Waals surface area contributed by atoms with E-state index in [1.165, 1.54) is 11.0 Å². The molecule has 0 fully saturated rings. The number of aromatic nitrogens is 1. The number of H-pyrrole nitrogens is 1. The van der Waals surface area contributed by atoms with E-state index in [1.54, 1.807) is 13.0 Å². The lowest BCUT2D eigenvalue weighted by molar-refractivity contribution is -0.487. The third kappa shape index (κ3) is 3.64. The van der Waals surface area contributed by atoms with Crippen LogP contribution in [0.25, 0.3) is 22.2 Å². The van der Waals surface area contributed by atoms with Crippen molar-refractivity contribution >= 4 is 50.8 Å². The van der Waals surface area contributed by atoms with E-state index in [1.807, 2.05) is 54.6 Å². The lowest BCUT2D eigenvalue weighted by Crippen LogP contribution is -2.51. The number of carbonyl (C=O) groups excluding carboxylic acids is 1. The minimum atomic E-state index is -1.55. The van der Waals surface area contributed by atoms with Crippen molar-refractivity contribution in [3.63, 3.8) is 0 Å². The summed E-state index contributed by atoms with van der Waals surface area (Å²) in [6.07, 6.45) is 0. The van der Waals surface area contributed by atoms with Gasteiger partial charge in [-0.05, 0) is 52.8 Å². The maximum absolute atomic E-state index is 14.1. The molecule has 176 valence electrons. The Morgan fingerprint density at radius 2 is 1.69 bits per heavy atom. The van der Waals surface area contributed by atoms with Gasteiger partial charge in [0.25, 0.3) is 5.69 Å². The van der Waals surface area contributed by atoms with Gasteiger partial charge in [-0.1, -0.05) is 48.5 Å². The number of amides is 1. The van der Waals surface area contributed by atoms with E-state index in [9.17, 15) is 25.0 Å². The Kier molecular flexibility index (Phi) is 5.55. The monoisotopic (exact) mass is 582 g/mol. The minimum absolute atomic E-state index is 0.153. The standard InChI is InChI=1S/C25H19IN4O5/c1-25(14-29(32)33)21-20-18(28(24(25)31)13-16-9-5-6-10-17(16)26)11-12-19(30(34)35)23(20)27-22(21)15-7-3-2-4-8-15/h2-12,27H,13-14H2,1H3. The Hall–Kier alpha value is -3.80. The van der Waals surface area contributed by atoms with Crippen LogP contribution in [0.3, 0.4) is 0 Å². The van der Waals surface area contributed by atoms with Crippen LogP contribution in [0, 0.1) is 23.8 Å². The van der Waals surface area contributed by atoms with Gasteiger partial charge in [-0.15, -0.1) is 0 Å². The number of nitrogens with zero attached hydrogens (tertiary/aromatic N) is 3. The van der Waals surface area contributed by atoms with Gasteiger partial charge in [0.15, 0.2) is 0 Å². The third-order valence-corrected chi connectivity index (χ3v) is 7.51. The van der Waals surface area contributed by atoms with Gasteiger partial charge in [0.05, 0.1) is 22.8 Å². The molecule has 10 heteroatoms. The van der Waals surface area contributed by atoms with Crippen molar-refractivity contribution in [3.8, 4) is 11.3 Å². The van der Waals surface area contributed by atoms with Gasteiger partial charge in [-0.25, -0.2) is 0 Å². The van der Waals surface area contributed by atoms with Gasteiger partial charge in [0, 0.05) is 25.5 Å². The number of rotatable bonds is 6. The average molecular weight is 582 g/mol. The number of hydrogen-bond acceptors (Lipinski definition) is 5. The Morgan fingerprint density at radius 1 is 1.00 bits per heavy atom. The molecular formula is C25H19IN4O5. The molecule has 1 aromatic heterocycles. The van der Waals surface area contributed by atoms with Crippen LogP contribution in [-0.4, -0.2) is 27.3 Å². The van der Waals surface area contributed by atoms with Gasteiger partial charge in [0.2, 0.25) is 12.5 Å². The van der Waals surface area contributed by atoms with Crippen LogP contribution < -0.4 is 4.90 Å². The summed E-state index contributed by atoms with van der Waals surface area (Å²) in [4.78, 5) is 41.5. The molecular weight excluding hydrogens is 563 g/mol. The van der Waals surface area contributed by atoms with Crippen LogP contribution in [0.1, 0.15) is 18.1 Å². The molecule has 1 aliphatic heterocycles. The summed E-state index contributed by atoms with van der Waals surface area (Å²) >= 11 is 2.18. The summed E-state index contributed by atoms with van der Waals surface area (Å²) in [6, 6.07) is 19.6. The Morgan fingerprint density at radius 3 is 2.34 bits per heavy atom. The van der Waals surface area contributed by atoms with Gasteiger partial charge in [-0.2, -0.15) is 0 Å². The van der Waals surface area contributed by atoms with Crippen LogP contribution in [0.2, 0.25) is 0 Å². The van der Waals surface area contributed by atoms with E-state index in [0.717, 1.165) is 9.13 Å². The predicted octanol–water partition coefficient (Wildman–Crippen LogP) is 5.43. The number of carbonyl (C=O) groups is 1. The first kappa shape index (κ1) is 23.0. The smallest absolute Gasteiger partial charge is 0.293 e. The fraction of sp³-hybridized carbons (Fsp3) is 0.160. The Bertz CT molecular complexity index is 1520. The number of nitro benzene ring substituents is 1. The van der Waals surface area contributed by atoms with Gasteiger partial charge < -0.3 is 9.88 Å². The molecule has 3 aromatic carbocycles. The van der Waals surface area contributed by atoms with Crippen LogP contribution in [0.15, 0.2) is 66.7 Å². The summed E-state index contributed by atoms with van der Waals surface area (Å²) < 4.78 is 0.942. The molecule has 9 nitrogen and oxygen atoms in total. The van der Waals surface area contributed by atoms with E-state index in [-0.39, 0.29) is 17.7 Å². The fourth-order valence-electron chi connectivity index (χ4n) is 4.90. The zero-order chi connectivity index (χ0) is 24.9. The van der Waals surface area contributed by atoms with E-state index in [4.69, 9.17) is 0 Å². The molecule has 4 aromatic rings. The van der Waals surface area contributed by atoms with Crippen molar-refractivity contribution in [2.45, 2.75) is 18.9 Å². The number of hydrogen-bond donors (Lipinski definition) is 1. The zero-order valence-corrected chi connectivity index (χ0v) is 20.7. The highest BCUT2D eigenvalue weighted by atomic mass is 127. The summed E-state index contributed by atoms with van der Waals surface area (Å²) in [5.41, 5.74) is 1.49. The molecule has 1 aliphatic rings. The van der Waals surface area contributed by atoms with E-state index < -0.39 is 27.7 Å². The molecule has 0 saturated heterocycles. The van der Waals surface area contributed by atoms with Gasteiger partial charge >= 0.3 is 0 Å². The van der Waals surface area contributed by atoms with Gasteiger partial charge in [0.1, 0.15) is 10.9 Å². The summed E-state index contributed by atoms with van der Waals surface area (Å²) in [5.74, 6) is -0.423. The maximum atomic E-state index is 14.1. The van der Waals surface area contributed by atoms with Crippen molar-refractivity contribution in [1.82, 2.24) is 4.98 Å². The minimum Gasteiger partial charge on any atom is -0.349 e. The first-order valence-electron chi connectivity index (χ1n) is 10.8. The number of anilines is 1. The molecule has 0 bridgehead atoms. The van der Waals surface area contributed by atoms with Crippen LogP contribution in [0.4, 0.5) is 11.4 Å².